The molecule has 1 rings (SSSR count). The Morgan fingerprint density at radius 1 is 1.45 bits per heavy atom. The number of carbonyl (C=O) groups excluding carboxylic acids is 2. The molecule has 5 nitrogen and oxygen atoms in total. The van der Waals surface area contributed by atoms with E-state index in [0.29, 0.717) is 17.8 Å². The Hall–Kier alpha value is -1.40. The summed E-state index contributed by atoms with van der Waals surface area (Å²) in [5, 5.41) is 13.9. The van der Waals surface area contributed by atoms with Gasteiger partial charge in [-0.15, -0.1) is 11.3 Å². The third-order valence-corrected chi connectivity index (χ3v) is 3.71. The highest BCUT2D eigenvalue weighted by Gasteiger charge is 2.16. The highest BCUT2D eigenvalue weighted by atomic mass is 32.1. The highest BCUT2D eigenvalue weighted by Crippen LogP contribution is 2.10. The van der Waals surface area contributed by atoms with Gasteiger partial charge in [0.2, 0.25) is 5.91 Å². The number of thiophene rings is 1. The summed E-state index contributed by atoms with van der Waals surface area (Å²) >= 11 is 1.36. The monoisotopic (exact) mass is 298 g/mol. The van der Waals surface area contributed by atoms with Crippen LogP contribution in [0.3, 0.4) is 0 Å². The first-order valence-electron chi connectivity index (χ1n) is 6.64. The first-order chi connectivity index (χ1) is 9.40. The van der Waals surface area contributed by atoms with E-state index in [4.69, 9.17) is 0 Å². The molecular formula is C14H22N2O3S. The fourth-order valence-electron chi connectivity index (χ4n) is 1.89. The Morgan fingerprint density at radius 3 is 2.70 bits per heavy atom. The second-order valence-corrected chi connectivity index (χ2v) is 6.08. The van der Waals surface area contributed by atoms with Crippen molar-refractivity contribution in [2.45, 2.75) is 26.4 Å². The number of hydrogen-bond acceptors (Lipinski definition) is 4. The summed E-state index contributed by atoms with van der Waals surface area (Å²) < 4.78 is 0. The molecule has 1 aromatic heterocycles. The maximum Gasteiger partial charge on any atom is 0.264 e. The average Bonchev–Trinajstić information content (AvgIpc) is 2.88. The molecule has 112 valence electrons. The number of nitrogens with zero attached hydrogens (tertiary/aromatic N) is 1. The third-order valence-electron chi connectivity index (χ3n) is 2.85. The van der Waals surface area contributed by atoms with Crippen molar-refractivity contribution in [1.82, 2.24) is 10.2 Å². The minimum absolute atomic E-state index is 0.0398. The third kappa shape index (κ3) is 5.71. The van der Waals surface area contributed by atoms with Crippen molar-refractivity contribution >= 4 is 23.2 Å². The van der Waals surface area contributed by atoms with Crippen molar-refractivity contribution in [3.8, 4) is 0 Å². The topological polar surface area (TPSA) is 69.6 Å². The van der Waals surface area contributed by atoms with Crippen molar-refractivity contribution in [1.29, 1.82) is 0 Å². The zero-order valence-corrected chi connectivity index (χ0v) is 12.9. The van der Waals surface area contributed by atoms with E-state index in [1.807, 2.05) is 18.4 Å². The lowest BCUT2D eigenvalue weighted by atomic mass is 10.0. The van der Waals surface area contributed by atoms with Crippen LogP contribution >= 0.6 is 11.3 Å². The van der Waals surface area contributed by atoms with Crippen LogP contribution in [0.15, 0.2) is 17.5 Å². The molecule has 2 atom stereocenters. The van der Waals surface area contributed by atoms with Crippen molar-refractivity contribution in [3.63, 3.8) is 0 Å². The lowest BCUT2D eigenvalue weighted by molar-refractivity contribution is -0.121. The van der Waals surface area contributed by atoms with E-state index >= 15 is 0 Å². The van der Waals surface area contributed by atoms with Crippen LogP contribution < -0.4 is 5.32 Å². The Kier molecular flexibility index (Phi) is 6.67. The Labute approximate surface area is 123 Å². The maximum atomic E-state index is 11.9. The molecule has 0 spiro atoms. The summed E-state index contributed by atoms with van der Waals surface area (Å²) in [5.41, 5.74) is 0. The minimum Gasteiger partial charge on any atom is -0.393 e. The first kappa shape index (κ1) is 16.7. The molecule has 0 saturated heterocycles. The van der Waals surface area contributed by atoms with Crippen LogP contribution in [0.2, 0.25) is 0 Å². The molecule has 0 bridgehead atoms. The smallest absolute Gasteiger partial charge is 0.264 e. The van der Waals surface area contributed by atoms with Crippen LogP contribution in [0, 0.1) is 5.92 Å². The summed E-state index contributed by atoms with van der Waals surface area (Å²) in [6, 6.07) is 3.55. The molecule has 0 aliphatic heterocycles. The zero-order chi connectivity index (χ0) is 15.1. The first-order valence-corrected chi connectivity index (χ1v) is 7.51. The number of amides is 2. The summed E-state index contributed by atoms with van der Waals surface area (Å²) in [5.74, 6) is -0.126. The van der Waals surface area contributed by atoms with E-state index in [0.717, 1.165) is 0 Å². The number of nitrogens with one attached hydrogen (secondary N) is 1. The second kappa shape index (κ2) is 8.01. The zero-order valence-electron chi connectivity index (χ0n) is 12.1. The number of carbonyl (C=O) groups is 2. The van der Waals surface area contributed by atoms with Gasteiger partial charge in [0, 0.05) is 13.6 Å². The van der Waals surface area contributed by atoms with Gasteiger partial charge < -0.3 is 15.3 Å². The van der Waals surface area contributed by atoms with E-state index in [-0.39, 0.29) is 30.4 Å². The summed E-state index contributed by atoms with van der Waals surface area (Å²) in [7, 11) is 1.61. The van der Waals surface area contributed by atoms with Gasteiger partial charge >= 0.3 is 0 Å². The molecule has 20 heavy (non-hydrogen) atoms. The average molecular weight is 298 g/mol. The number of rotatable bonds is 7. The lowest BCUT2D eigenvalue weighted by Crippen LogP contribution is -2.39. The molecule has 1 aromatic rings. The van der Waals surface area contributed by atoms with Crippen LogP contribution in [0.5, 0.6) is 0 Å². The summed E-state index contributed by atoms with van der Waals surface area (Å²) in [6.07, 6.45) is 0.273. The molecule has 2 N–H and O–H groups in total. The predicted octanol–water partition coefficient (Wildman–Crippen LogP) is 1.34. The number of aliphatic hydroxyl groups excluding tert-OH is 1. The van der Waals surface area contributed by atoms with Crippen LogP contribution in [-0.4, -0.2) is 48.1 Å². The molecule has 2 amide bonds. The van der Waals surface area contributed by atoms with Crippen LogP contribution in [-0.2, 0) is 4.79 Å². The largest absolute Gasteiger partial charge is 0.393 e. The molecule has 0 saturated carbocycles. The van der Waals surface area contributed by atoms with Crippen LogP contribution in [0.25, 0.3) is 0 Å². The van der Waals surface area contributed by atoms with E-state index in [9.17, 15) is 14.7 Å². The van der Waals surface area contributed by atoms with Crippen molar-refractivity contribution in [3.05, 3.63) is 22.4 Å². The Bertz CT molecular complexity index is 432. The number of likely N-dealkylation sites (N-methyl/N-ethyl adjacent to an activating group) is 1. The summed E-state index contributed by atoms with van der Waals surface area (Å²) in [6.45, 7) is 4.24. The van der Waals surface area contributed by atoms with Crippen LogP contribution in [0.1, 0.15) is 29.9 Å². The van der Waals surface area contributed by atoms with E-state index < -0.39 is 0 Å². The quantitative estimate of drug-likeness (QED) is 0.798. The minimum atomic E-state index is -0.370. The fraction of sp³-hybridized carbons (Fsp3) is 0.571. The van der Waals surface area contributed by atoms with Gasteiger partial charge in [0.05, 0.1) is 17.5 Å². The highest BCUT2D eigenvalue weighted by molar-refractivity contribution is 7.12. The van der Waals surface area contributed by atoms with Gasteiger partial charge in [0.25, 0.3) is 5.91 Å². The molecular weight excluding hydrogens is 276 g/mol. The van der Waals surface area contributed by atoms with E-state index in [2.05, 4.69) is 5.32 Å². The number of aliphatic hydroxyl groups is 1. The molecule has 0 aliphatic rings. The van der Waals surface area contributed by atoms with Gasteiger partial charge in [-0.3, -0.25) is 9.59 Å². The summed E-state index contributed by atoms with van der Waals surface area (Å²) in [4.78, 5) is 25.7. The molecule has 0 fully saturated rings. The maximum absolute atomic E-state index is 11.9. The van der Waals surface area contributed by atoms with Gasteiger partial charge in [-0.2, -0.15) is 0 Å². The van der Waals surface area contributed by atoms with E-state index in [1.165, 1.54) is 16.2 Å². The van der Waals surface area contributed by atoms with Crippen LogP contribution in [0.4, 0.5) is 0 Å². The molecule has 0 aromatic carbocycles. The van der Waals surface area contributed by atoms with Gasteiger partial charge in [-0.25, -0.2) is 0 Å². The van der Waals surface area contributed by atoms with Gasteiger partial charge in [-0.05, 0) is 30.7 Å². The Balaban J connectivity index is 2.33. The molecule has 0 aliphatic carbocycles. The van der Waals surface area contributed by atoms with Crippen molar-refractivity contribution in [2.75, 3.05) is 20.1 Å². The van der Waals surface area contributed by atoms with Gasteiger partial charge in [-0.1, -0.05) is 13.0 Å². The van der Waals surface area contributed by atoms with Crippen molar-refractivity contribution in [2.24, 2.45) is 5.92 Å². The fourth-order valence-corrected chi connectivity index (χ4v) is 2.60. The molecule has 6 heteroatoms. The van der Waals surface area contributed by atoms with Crippen molar-refractivity contribution < 1.29 is 14.7 Å². The Morgan fingerprint density at radius 2 is 2.15 bits per heavy atom. The normalized spacial score (nSPS) is 13.6. The standard InChI is InChI=1S/C14H22N2O3S/c1-10(7-11(2)17)8-15-13(18)9-16(3)14(19)12-5-4-6-20-12/h4-6,10-11,17H,7-9H2,1-3H3,(H,15,18). The van der Waals surface area contributed by atoms with Gasteiger partial charge in [0.15, 0.2) is 0 Å². The predicted molar refractivity (Wildman–Crippen MR) is 79.8 cm³/mol. The van der Waals surface area contributed by atoms with Gasteiger partial charge in [0.1, 0.15) is 0 Å². The SMILES string of the molecule is CC(O)CC(C)CNC(=O)CN(C)C(=O)c1cccs1. The molecule has 0 radical (unpaired) electrons. The van der Waals surface area contributed by atoms with E-state index in [1.54, 1.807) is 20.0 Å². The number of hydrogen-bond donors (Lipinski definition) is 2. The second-order valence-electron chi connectivity index (χ2n) is 5.13. The molecule has 2 unspecified atom stereocenters. The lowest BCUT2D eigenvalue weighted by Gasteiger charge is -2.18. The molecule has 1 heterocycles.